The van der Waals surface area contributed by atoms with Gasteiger partial charge in [-0.2, -0.15) is 0 Å². The first kappa shape index (κ1) is 22.7. The molecular weight excluding hydrogens is 446 g/mol. The van der Waals surface area contributed by atoms with Crippen LogP contribution in [-0.4, -0.2) is 40.5 Å². The van der Waals surface area contributed by atoms with Crippen LogP contribution >= 0.6 is 23.4 Å². The van der Waals surface area contributed by atoms with Gasteiger partial charge in [0.15, 0.2) is 5.16 Å². The van der Waals surface area contributed by atoms with Crippen molar-refractivity contribution in [2.75, 3.05) is 19.0 Å². The van der Waals surface area contributed by atoms with Crippen LogP contribution in [0.2, 0.25) is 5.02 Å². The number of anilines is 1. The van der Waals surface area contributed by atoms with E-state index >= 15 is 0 Å². The summed E-state index contributed by atoms with van der Waals surface area (Å²) < 4.78 is 13.4. The molecule has 3 aromatic rings. The van der Waals surface area contributed by atoms with Crippen LogP contribution in [-0.2, 0) is 16.1 Å². The van der Waals surface area contributed by atoms with Gasteiger partial charge in [0.2, 0.25) is 5.91 Å². The first-order valence-corrected chi connectivity index (χ1v) is 11.8. The lowest BCUT2D eigenvalue weighted by atomic mass is 10.1. The highest BCUT2D eigenvalue weighted by atomic mass is 35.5. The van der Waals surface area contributed by atoms with Gasteiger partial charge in [-0.25, -0.2) is 4.98 Å². The molecule has 6 nitrogen and oxygen atoms in total. The molecule has 0 saturated carbocycles. The molecule has 32 heavy (non-hydrogen) atoms. The van der Waals surface area contributed by atoms with Crippen LogP contribution in [0.5, 0.6) is 5.75 Å². The zero-order chi connectivity index (χ0) is 22.5. The van der Waals surface area contributed by atoms with E-state index in [-0.39, 0.29) is 17.3 Å². The zero-order valence-corrected chi connectivity index (χ0v) is 19.7. The molecule has 2 atom stereocenters. The Hall–Kier alpha value is -2.48. The van der Waals surface area contributed by atoms with E-state index in [0.717, 1.165) is 35.9 Å². The second kappa shape index (κ2) is 10.4. The van der Waals surface area contributed by atoms with Crippen molar-refractivity contribution in [3.05, 3.63) is 59.8 Å². The van der Waals surface area contributed by atoms with E-state index < -0.39 is 0 Å². The maximum absolute atomic E-state index is 12.9. The Morgan fingerprint density at radius 3 is 2.88 bits per heavy atom. The molecule has 0 spiro atoms. The monoisotopic (exact) mass is 471 g/mol. The van der Waals surface area contributed by atoms with Gasteiger partial charge >= 0.3 is 0 Å². The van der Waals surface area contributed by atoms with Gasteiger partial charge in [-0.05, 0) is 43.5 Å². The van der Waals surface area contributed by atoms with Crippen molar-refractivity contribution in [1.82, 2.24) is 9.55 Å². The van der Waals surface area contributed by atoms with E-state index in [2.05, 4.69) is 27.0 Å². The number of hydrogen-bond acceptors (Lipinski definition) is 5. The van der Waals surface area contributed by atoms with Gasteiger partial charge in [0.1, 0.15) is 5.75 Å². The first-order valence-electron chi connectivity index (χ1n) is 10.6. The Bertz CT molecular complexity index is 1070. The van der Waals surface area contributed by atoms with Crippen molar-refractivity contribution in [3.8, 4) is 17.0 Å². The van der Waals surface area contributed by atoms with Crippen LogP contribution in [0.15, 0.2) is 59.9 Å². The molecule has 1 aliphatic rings. The summed E-state index contributed by atoms with van der Waals surface area (Å²) in [5, 5.41) is 3.86. The van der Waals surface area contributed by atoms with Crippen LogP contribution in [0.4, 0.5) is 5.69 Å². The van der Waals surface area contributed by atoms with Crippen molar-refractivity contribution < 1.29 is 14.3 Å². The first-order chi connectivity index (χ1) is 15.5. The van der Waals surface area contributed by atoms with Crippen molar-refractivity contribution in [3.63, 3.8) is 0 Å². The van der Waals surface area contributed by atoms with E-state index in [0.29, 0.717) is 23.0 Å². The number of halogens is 1. The molecule has 168 valence electrons. The third kappa shape index (κ3) is 5.28. The minimum absolute atomic E-state index is 0.150. The van der Waals surface area contributed by atoms with Crippen molar-refractivity contribution in [2.24, 2.45) is 0 Å². The normalized spacial score (nSPS) is 16.7. The van der Waals surface area contributed by atoms with E-state index in [1.807, 2.05) is 31.3 Å². The molecule has 1 saturated heterocycles. The predicted octanol–water partition coefficient (Wildman–Crippen LogP) is 5.51. The number of amides is 1. The number of methoxy groups -OCH3 is 1. The van der Waals surface area contributed by atoms with Gasteiger partial charge in [0.05, 0.1) is 42.6 Å². The number of carbonyl (C=O) groups is 1. The van der Waals surface area contributed by atoms with E-state index in [4.69, 9.17) is 21.1 Å². The fourth-order valence-corrected chi connectivity index (χ4v) is 4.75. The van der Waals surface area contributed by atoms with Gasteiger partial charge in [-0.1, -0.05) is 53.7 Å². The average molecular weight is 472 g/mol. The number of aromatic nitrogens is 2. The molecular formula is C24H26ClN3O3S. The molecule has 0 radical (unpaired) electrons. The number of hydrogen-bond donors (Lipinski definition) is 1. The fraction of sp³-hybridized carbons (Fsp3) is 0.333. The Labute approximate surface area is 197 Å². The Morgan fingerprint density at radius 2 is 2.16 bits per heavy atom. The van der Waals surface area contributed by atoms with Gasteiger partial charge < -0.3 is 19.4 Å². The number of nitrogens with zero attached hydrogens (tertiary/aromatic N) is 2. The van der Waals surface area contributed by atoms with E-state index in [1.54, 1.807) is 25.3 Å². The molecule has 4 rings (SSSR count). The fourth-order valence-electron chi connectivity index (χ4n) is 3.68. The average Bonchev–Trinajstić information content (AvgIpc) is 3.45. The van der Waals surface area contributed by atoms with Crippen molar-refractivity contribution in [1.29, 1.82) is 0 Å². The molecule has 1 aliphatic heterocycles. The summed E-state index contributed by atoms with van der Waals surface area (Å²) >= 11 is 7.52. The predicted molar refractivity (Wildman–Crippen MR) is 129 cm³/mol. The van der Waals surface area contributed by atoms with Gasteiger partial charge in [0.25, 0.3) is 0 Å². The standard InChI is InChI=1S/C24H26ClN3O3S/c1-16(23(29)27-20-13-18(25)10-11-22(20)30-2)32-24-26-14-21(17-7-4-3-5-8-17)28(24)15-19-9-6-12-31-19/h3-5,7-8,10-11,13-14,16,19H,6,9,12,15H2,1-2H3,(H,27,29). The summed E-state index contributed by atoms with van der Waals surface area (Å²) in [5.74, 6) is 0.412. The Morgan fingerprint density at radius 1 is 1.34 bits per heavy atom. The van der Waals surface area contributed by atoms with Gasteiger partial charge in [-0.3, -0.25) is 4.79 Å². The highest BCUT2D eigenvalue weighted by Crippen LogP contribution is 2.32. The van der Waals surface area contributed by atoms with Gasteiger partial charge in [0, 0.05) is 11.6 Å². The zero-order valence-electron chi connectivity index (χ0n) is 18.1. The van der Waals surface area contributed by atoms with Crippen LogP contribution < -0.4 is 10.1 Å². The number of imidazole rings is 1. The summed E-state index contributed by atoms with van der Waals surface area (Å²) in [6.07, 6.45) is 4.13. The summed E-state index contributed by atoms with van der Waals surface area (Å²) in [4.78, 5) is 17.6. The van der Waals surface area contributed by atoms with E-state index in [9.17, 15) is 4.79 Å². The molecule has 1 amide bonds. The number of carbonyl (C=O) groups excluding carboxylic acids is 1. The second-order valence-corrected chi connectivity index (χ2v) is 9.38. The summed E-state index contributed by atoms with van der Waals surface area (Å²) in [7, 11) is 1.56. The van der Waals surface area contributed by atoms with Crippen LogP contribution in [0.25, 0.3) is 11.3 Å². The number of ether oxygens (including phenoxy) is 2. The maximum Gasteiger partial charge on any atom is 0.237 e. The molecule has 0 aliphatic carbocycles. The second-order valence-electron chi connectivity index (χ2n) is 7.63. The maximum atomic E-state index is 12.9. The largest absolute Gasteiger partial charge is 0.495 e. The minimum atomic E-state index is -0.382. The Balaban J connectivity index is 1.54. The van der Waals surface area contributed by atoms with Crippen LogP contribution in [0.3, 0.4) is 0 Å². The van der Waals surface area contributed by atoms with E-state index in [1.165, 1.54) is 11.8 Å². The molecule has 2 aromatic carbocycles. The van der Waals surface area contributed by atoms with Crippen molar-refractivity contribution in [2.45, 2.75) is 42.8 Å². The molecule has 2 heterocycles. The lowest BCUT2D eigenvalue weighted by Gasteiger charge is -2.18. The summed E-state index contributed by atoms with van der Waals surface area (Å²) in [6, 6.07) is 15.3. The van der Waals surface area contributed by atoms with Gasteiger partial charge in [-0.15, -0.1) is 0 Å². The topological polar surface area (TPSA) is 65.4 Å². The SMILES string of the molecule is COc1ccc(Cl)cc1NC(=O)C(C)Sc1ncc(-c2ccccc2)n1CC1CCCO1. The molecule has 1 N–H and O–H groups in total. The summed E-state index contributed by atoms with van der Waals surface area (Å²) in [6.45, 7) is 3.37. The quantitative estimate of drug-likeness (QED) is 0.439. The Kier molecular flexibility index (Phi) is 7.40. The highest BCUT2D eigenvalue weighted by molar-refractivity contribution is 8.00. The lowest BCUT2D eigenvalue weighted by molar-refractivity contribution is -0.115. The molecule has 1 fully saturated rings. The number of benzene rings is 2. The third-order valence-electron chi connectivity index (χ3n) is 5.37. The molecule has 8 heteroatoms. The number of thioether (sulfide) groups is 1. The third-order valence-corrected chi connectivity index (χ3v) is 6.71. The number of rotatable bonds is 8. The lowest BCUT2D eigenvalue weighted by Crippen LogP contribution is -2.24. The van der Waals surface area contributed by atoms with Crippen molar-refractivity contribution >= 4 is 35.0 Å². The molecule has 0 bridgehead atoms. The highest BCUT2D eigenvalue weighted by Gasteiger charge is 2.24. The molecule has 1 aromatic heterocycles. The minimum Gasteiger partial charge on any atom is -0.495 e. The van der Waals surface area contributed by atoms with Crippen LogP contribution in [0, 0.1) is 0 Å². The summed E-state index contributed by atoms with van der Waals surface area (Å²) in [5.41, 5.74) is 2.66. The smallest absolute Gasteiger partial charge is 0.237 e. The molecule has 2 unspecified atom stereocenters. The number of nitrogens with one attached hydrogen (secondary N) is 1. The van der Waals surface area contributed by atoms with Crippen LogP contribution in [0.1, 0.15) is 19.8 Å².